The van der Waals surface area contributed by atoms with Crippen LogP contribution in [0.3, 0.4) is 0 Å². The normalized spacial score (nSPS) is 14.1. The summed E-state index contributed by atoms with van der Waals surface area (Å²) in [5, 5.41) is 13.0. The summed E-state index contributed by atoms with van der Waals surface area (Å²) in [6.45, 7) is 4.49. The first-order valence-corrected chi connectivity index (χ1v) is 8.92. The van der Waals surface area contributed by atoms with Crippen molar-refractivity contribution in [3.8, 4) is 5.69 Å². The maximum absolute atomic E-state index is 12.7. The number of aryl methyl sites for hydroxylation is 2. The van der Waals surface area contributed by atoms with Crippen molar-refractivity contribution in [1.29, 1.82) is 0 Å². The second-order valence-electron chi connectivity index (χ2n) is 6.15. The maximum atomic E-state index is 12.7. The lowest BCUT2D eigenvalue weighted by Gasteiger charge is -2.11. The molecule has 1 amide bonds. The first-order chi connectivity index (χ1) is 11.6. The molecule has 0 atom stereocenters. The SMILES string of the molecule is Cc1ccc(C)n1-c1ccsc1C(=O)NCc1nncn1C1CC1. The standard InChI is InChI=1S/C17H19N5OS/c1-11-3-4-12(2)22(11)14-7-8-24-16(14)17(23)18-9-15-20-19-10-21(15)13-5-6-13/h3-4,7-8,10,13H,5-6,9H2,1-2H3,(H,18,23). The molecule has 24 heavy (non-hydrogen) atoms. The van der Waals surface area contributed by atoms with Crippen LogP contribution in [0.15, 0.2) is 29.9 Å². The van der Waals surface area contributed by atoms with E-state index in [0.717, 1.165) is 27.8 Å². The van der Waals surface area contributed by atoms with Crippen LogP contribution in [0.2, 0.25) is 0 Å². The molecule has 3 aromatic rings. The van der Waals surface area contributed by atoms with Crippen LogP contribution in [-0.2, 0) is 6.54 Å². The van der Waals surface area contributed by atoms with Crippen molar-refractivity contribution < 1.29 is 4.79 Å². The highest BCUT2D eigenvalue weighted by Crippen LogP contribution is 2.35. The molecule has 1 N–H and O–H groups in total. The van der Waals surface area contributed by atoms with Gasteiger partial charge in [-0.05, 0) is 50.3 Å². The maximum Gasteiger partial charge on any atom is 0.263 e. The lowest BCUT2D eigenvalue weighted by Crippen LogP contribution is -2.25. The van der Waals surface area contributed by atoms with Crippen molar-refractivity contribution in [2.45, 2.75) is 39.3 Å². The van der Waals surface area contributed by atoms with E-state index in [9.17, 15) is 4.79 Å². The molecule has 1 aliphatic rings. The van der Waals surface area contributed by atoms with E-state index in [4.69, 9.17) is 0 Å². The number of amides is 1. The summed E-state index contributed by atoms with van der Waals surface area (Å²) in [7, 11) is 0. The van der Waals surface area contributed by atoms with Gasteiger partial charge in [0.25, 0.3) is 5.91 Å². The second-order valence-corrected chi connectivity index (χ2v) is 7.07. The van der Waals surface area contributed by atoms with Crippen LogP contribution >= 0.6 is 11.3 Å². The monoisotopic (exact) mass is 341 g/mol. The highest BCUT2D eigenvalue weighted by Gasteiger charge is 2.26. The third-order valence-electron chi connectivity index (χ3n) is 4.36. The molecule has 3 aromatic heterocycles. The number of carbonyl (C=O) groups is 1. The Kier molecular flexibility index (Phi) is 3.72. The summed E-state index contributed by atoms with van der Waals surface area (Å²) in [5.41, 5.74) is 3.17. The molecule has 1 aliphatic carbocycles. The number of nitrogens with one attached hydrogen (secondary N) is 1. The zero-order valence-electron chi connectivity index (χ0n) is 13.7. The fourth-order valence-electron chi connectivity index (χ4n) is 2.99. The summed E-state index contributed by atoms with van der Waals surface area (Å²) in [4.78, 5) is 13.4. The quantitative estimate of drug-likeness (QED) is 0.776. The third kappa shape index (κ3) is 2.65. The molecular formula is C17H19N5OS. The molecule has 0 spiro atoms. The predicted octanol–water partition coefficient (Wildman–Crippen LogP) is 3.01. The summed E-state index contributed by atoms with van der Waals surface area (Å²) in [5.74, 6) is 0.745. The van der Waals surface area contributed by atoms with Gasteiger partial charge in [0, 0.05) is 17.4 Å². The van der Waals surface area contributed by atoms with Gasteiger partial charge in [0.2, 0.25) is 0 Å². The Morgan fingerprint density at radius 2 is 2.04 bits per heavy atom. The number of carbonyl (C=O) groups excluding carboxylic acids is 1. The van der Waals surface area contributed by atoms with Gasteiger partial charge in [-0.25, -0.2) is 0 Å². The number of rotatable bonds is 5. The number of hydrogen-bond donors (Lipinski definition) is 1. The molecule has 1 saturated carbocycles. The average Bonchev–Trinajstić information content (AvgIpc) is 2.97. The molecule has 0 aromatic carbocycles. The highest BCUT2D eigenvalue weighted by molar-refractivity contribution is 7.12. The smallest absolute Gasteiger partial charge is 0.263 e. The fourth-order valence-corrected chi connectivity index (χ4v) is 3.78. The first kappa shape index (κ1) is 15.1. The van der Waals surface area contributed by atoms with Gasteiger partial charge in [-0.3, -0.25) is 4.79 Å². The van der Waals surface area contributed by atoms with Crippen molar-refractivity contribution in [2.75, 3.05) is 0 Å². The van der Waals surface area contributed by atoms with Gasteiger partial charge in [0.15, 0.2) is 5.82 Å². The Morgan fingerprint density at radius 3 is 2.75 bits per heavy atom. The summed E-state index contributed by atoms with van der Waals surface area (Å²) in [6, 6.07) is 6.63. The minimum atomic E-state index is -0.0714. The Morgan fingerprint density at radius 1 is 1.29 bits per heavy atom. The zero-order valence-corrected chi connectivity index (χ0v) is 14.5. The molecule has 7 heteroatoms. The minimum absolute atomic E-state index is 0.0714. The van der Waals surface area contributed by atoms with E-state index in [1.807, 2.05) is 25.3 Å². The average molecular weight is 341 g/mol. The Hall–Kier alpha value is -2.41. The molecule has 0 radical (unpaired) electrons. The van der Waals surface area contributed by atoms with Gasteiger partial charge in [-0.1, -0.05) is 0 Å². The molecule has 1 fully saturated rings. The Labute approximate surface area is 144 Å². The lowest BCUT2D eigenvalue weighted by atomic mass is 10.3. The van der Waals surface area contributed by atoms with Crippen LogP contribution in [0.25, 0.3) is 5.69 Å². The van der Waals surface area contributed by atoms with E-state index in [0.29, 0.717) is 12.6 Å². The first-order valence-electron chi connectivity index (χ1n) is 8.04. The third-order valence-corrected chi connectivity index (χ3v) is 5.26. The molecule has 0 saturated heterocycles. The van der Waals surface area contributed by atoms with Crippen LogP contribution in [-0.4, -0.2) is 25.2 Å². The largest absolute Gasteiger partial charge is 0.344 e. The summed E-state index contributed by atoms with van der Waals surface area (Å²) >= 11 is 1.46. The second kappa shape index (κ2) is 5.90. The molecule has 0 aliphatic heterocycles. The van der Waals surface area contributed by atoms with E-state index >= 15 is 0 Å². The van der Waals surface area contributed by atoms with E-state index in [1.54, 1.807) is 6.33 Å². The predicted molar refractivity (Wildman–Crippen MR) is 92.6 cm³/mol. The van der Waals surface area contributed by atoms with Crippen molar-refractivity contribution in [3.05, 3.63) is 52.0 Å². The van der Waals surface area contributed by atoms with Crippen LogP contribution in [0, 0.1) is 13.8 Å². The van der Waals surface area contributed by atoms with Crippen LogP contribution in [0.5, 0.6) is 0 Å². The topological polar surface area (TPSA) is 64.7 Å². The van der Waals surface area contributed by atoms with Crippen LogP contribution in [0.4, 0.5) is 0 Å². The number of thiophene rings is 1. The van der Waals surface area contributed by atoms with Gasteiger partial charge >= 0.3 is 0 Å². The van der Waals surface area contributed by atoms with Gasteiger partial charge in [-0.2, -0.15) is 0 Å². The molecule has 6 nitrogen and oxygen atoms in total. The lowest BCUT2D eigenvalue weighted by molar-refractivity contribution is 0.0953. The molecule has 0 unspecified atom stereocenters. The van der Waals surface area contributed by atoms with E-state index in [-0.39, 0.29) is 5.91 Å². The van der Waals surface area contributed by atoms with Gasteiger partial charge in [-0.15, -0.1) is 21.5 Å². The Bertz CT molecular complexity index is 867. The molecular weight excluding hydrogens is 322 g/mol. The molecule has 4 rings (SSSR count). The number of aromatic nitrogens is 4. The van der Waals surface area contributed by atoms with Crippen molar-refractivity contribution in [3.63, 3.8) is 0 Å². The summed E-state index contributed by atoms with van der Waals surface area (Å²) in [6.07, 6.45) is 4.09. The number of nitrogens with zero attached hydrogens (tertiary/aromatic N) is 4. The van der Waals surface area contributed by atoms with Crippen LogP contribution in [0.1, 0.15) is 45.8 Å². The van der Waals surface area contributed by atoms with Gasteiger partial charge in [0.05, 0.1) is 12.2 Å². The van der Waals surface area contributed by atoms with Crippen molar-refractivity contribution in [1.82, 2.24) is 24.6 Å². The van der Waals surface area contributed by atoms with Crippen molar-refractivity contribution in [2.24, 2.45) is 0 Å². The number of hydrogen-bond acceptors (Lipinski definition) is 4. The zero-order chi connectivity index (χ0) is 16.7. The molecule has 3 heterocycles. The van der Waals surface area contributed by atoms with E-state index in [2.05, 4.69) is 36.8 Å². The minimum Gasteiger partial charge on any atom is -0.344 e. The van der Waals surface area contributed by atoms with Crippen molar-refractivity contribution >= 4 is 17.2 Å². The fraction of sp³-hybridized carbons (Fsp3) is 0.353. The highest BCUT2D eigenvalue weighted by atomic mass is 32.1. The summed E-state index contributed by atoms with van der Waals surface area (Å²) < 4.78 is 4.17. The van der Waals surface area contributed by atoms with E-state index in [1.165, 1.54) is 24.2 Å². The Balaban J connectivity index is 1.53. The van der Waals surface area contributed by atoms with Gasteiger partial charge < -0.3 is 14.5 Å². The van der Waals surface area contributed by atoms with Crippen LogP contribution < -0.4 is 5.32 Å². The van der Waals surface area contributed by atoms with E-state index < -0.39 is 0 Å². The molecule has 0 bridgehead atoms. The molecule has 124 valence electrons. The van der Waals surface area contributed by atoms with Gasteiger partial charge in [0.1, 0.15) is 11.2 Å².